The number of carbonyl (C=O) groups excluding carboxylic acids is 2. The normalized spacial score (nSPS) is 13.2. The summed E-state index contributed by atoms with van der Waals surface area (Å²) in [6, 6.07) is 0. The maximum atomic E-state index is 12.1. The highest BCUT2D eigenvalue weighted by atomic mass is 16.2. The first-order valence-corrected chi connectivity index (χ1v) is 20.0. The number of amides is 2. The lowest BCUT2D eigenvalue weighted by atomic mass is 10.2. The van der Waals surface area contributed by atoms with Gasteiger partial charge in [0, 0.05) is 39.0 Å². The van der Waals surface area contributed by atoms with Crippen LogP contribution >= 0.6 is 0 Å². The van der Waals surface area contributed by atoms with Gasteiger partial charge in [-0.3, -0.25) is 9.59 Å². The van der Waals surface area contributed by atoms with E-state index in [1.165, 1.54) is 0 Å². The van der Waals surface area contributed by atoms with Gasteiger partial charge in [-0.2, -0.15) is 0 Å². The van der Waals surface area contributed by atoms with Gasteiger partial charge in [-0.15, -0.1) is 0 Å². The van der Waals surface area contributed by atoms with E-state index in [-0.39, 0.29) is 11.8 Å². The Labute approximate surface area is 319 Å². The van der Waals surface area contributed by atoms with Crippen molar-refractivity contribution >= 4 is 11.8 Å². The van der Waals surface area contributed by atoms with Crippen LogP contribution in [0, 0.1) is 0 Å². The maximum absolute atomic E-state index is 12.1. The van der Waals surface area contributed by atoms with Crippen LogP contribution in [0.25, 0.3) is 0 Å². The summed E-state index contributed by atoms with van der Waals surface area (Å²) in [6.45, 7) is 7.05. The summed E-state index contributed by atoms with van der Waals surface area (Å²) in [7, 11) is 2.01. The topological polar surface area (TPSA) is 61.4 Å². The van der Waals surface area contributed by atoms with Gasteiger partial charge >= 0.3 is 0 Å². The van der Waals surface area contributed by atoms with Crippen LogP contribution in [0.4, 0.5) is 0 Å². The van der Waals surface area contributed by atoms with Gasteiger partial charge in [-0.05, 0) is 96.9 Å². The summed E-state index contributed by atoms with van der Waals surface area (Å²) in [5.74, 6) is 0.178. The van der Waals surface area contributed by atoms with Crippen LogP contribution in [-0.2, 0) is 9.59 Å². The predicted molar refractivity (Wildman–Crippen MR) is 229 cm³/mol. The number of unbranched alkanes of at least 4 members (excludes halogenated alkanes) is 1. The predicted octanol–water partition coefficient (Wildman–Crippen LogP) is 11.6. The second-order valence-corrected chi connectivity index (χ2v) is 12.6. The largest absolute Gasteiger partial charge is 0.355 e. The van der Waals surface area contributed by atoms with Crippen LogP contribution in [-0.4, -0.2) is 49.9 Å². The number of carbonyl (C=O) groups is 2. The summed E-state index contributed by atoms with van der Waals surface area (Å²) in [5, 5.41) is 6.00. The van der Waals surface area contributed by atoms with Gasteiger partial charge in [0.25, 0.3) is 0 Å². The summed E-state index contributed by atoms with van der Waals surface area (Å²) in [4.78, 5) is 26.4. The van der Waals surface area contributed by atoms with E-state index < -0.39 is 0 Å². The third-order valence-electron chi connectivity index (χ3n) is 7.70. The molecule has 0 atom stereocenters. The van der Waals surface area contributed by atoms with Crippen molar-refractivity contribution in [1.29, 1.82) is 0 Å². The van der Waals surface area contributed by atoms with E-state index in [2.05, 4.69) is 163 Å². The molecule has 0 saturated heterocycles. The highest BCUT2D eigenvalue weighted by molar-refractivity contribution is 5.76. The Morgan fingerprint density at radius 3 is 1.04 bits per heavy atom. The lowest BCUT2D eigenvalue weighted by Gasteiger charge is -2.17. The van der Waals surface area contributed by atoms with Crippen molar-refractivity contribution < 1.29 is 9.59 Å². The van der Waals surface area contributed by atoms with E-state index >= 15 is 0 Å². The highest BCUT2D eigenvalue weighted by Gasteiger charge is 2.03. The molecule has 0 spiro atoms. The van der Waals surface area contributed by atoms with Crippen LogP contribution < -0.4 is 10.6 Å². The van der Waals surface area contributed by atoms with Crippen LogP contribution in [0.1, 0.15) is 117 Å². The fourth-order valence-electron chi connectivity index (χ4n) is 4.66. The number of nitrogens with zero attached hydrogens (tertiary/aromatic N) is 1. The second kappa shape index (κ2) is 41.5. The molecular formula is C47H73N3O2. The molecule has 0 aromatic heterocycles. The molecule has 0 bridgehead atoms. The highest BCUT2D eigenvalue weighted by Crippen LogP contribution is 2.01. The third-order valence-corrected chi connectivity index (χ3v) is 7.70. The standard InChI is InChI=1S/C47H73N3O2/c1-4-6-8-10-12-14-16-18-20-22-23-25-27-29-31-33-35-37-39-41-47(52)49-43-45-50(3)44-42-48-46(51)40-38-36-34-32-30-28-26-24-21-19-17-15-13-11-9-7-5-2/h6-9,12-15,18-21,23,25-26,28-29,31-32,34-35,37H,4-5,10-11,16-17,22,24,27,30,33,36,38-45H2,1-3H3,(H,48,51)(H,49,52). The average molecular weight is 712 g/mol. The molecule has 2 N–H and O–H groups in total. The molecule has 288 valence electrons. The lowest BCUT2D eigenvalue weighted by Crippen LogP contribution is -2.37. The first kappa shape index (κ1) is 48.0. The number of allylic oxidation sites excluding steroid dienone is 22. The third kappa shape index (κ3) is 40.5. The van der Waals surface area contributed by atoms with E-state index in [1.54, 1.807) is 0 Å². The number of hydrogen-bond acceptors (Lipinski definition) is 3. The number of rotatable bonds is 33. The second-order valence-electron chi connectivity index (χ2n) is 12.6. The number of hydrogen-bond donors (Lipinski definition) is 2. The van der Waals surface area contributed by atoms with Gasteiger partial charge in [0.05, 0.1) is 0 Å². The van der Waals surface area contributed by atoms with Crippen molar-refractivity contribution in [3.05, 3.63) is 134 Å². The van der Waals surface area contributed by atoms with Crippen molar-refractivity contribution in [3.63, 3.8) is 0 Å². The summed E-state index contributed by atoms with van der Waals surface area (Å²) < 4.78 is 0. The zero-order chi connectivity index (χ0) is 37.8. The SMILES string of the molecule is CCC=CCC=CCC=CCC=CCC=CCC=CCCC(=O)NCCN(C)CCNC(=O)CCCC=CCC=CCC=CCC=CCC=CCC. The quantitative estimate of drug-likeness (QED) is 0.0526. The molecule has 0 aromatic rings. The lowest BCUT2D eigenvalue weighted by molar-refractivity contribution is -0.121. The minimum absolute atomic E-state index is 0.0775. The van der Waals surface area contributed by atoms with Gasteiger partial charge in [-0.1, -0.05) is 148 Å². The van der Waals surface area contributed by atoms with E-state index in [1.807, 2.05) is 7.05 Å². The van der Waals surface area contributed by atoms with E-state index in [0.29, 0.717) is 25.9 Å². The minimum atomic E-state index is 0.0775. The van der Waals surface area contributed by atoms with Crippen molar-refractivity contribution in [1.82, 2.24) is 15.5 Å². The summed E-state index contributed by atoms with van der Waals surface area (Å²) in [5.41, 5.74) is 0. The van der Waals surface area contributed by atoms with E-state index in [4.69, 9.17) is 0 Å². The molecule has 5 nitrogen and oxygen atoms in total. The zero-order valence-electron chi connectivity index (χ0n) is 33.1. The molecule has 0 unspecified atom stereocenters. The molecule has 0 aliphatic heterocycles. The number of likely N-dealkylation sites (N-methyl/N-ethyl adjacent to an activating group) is 1. The Bertz CT molecular complexity index is 1180. The van der Waals surface area contributed by atoms with Gasteiger partial charge < -0.3 is 15.5 Å². The Kier molecular flexibility index (Phi) is 38.3. The molecule has 0 radical (unpaired) electrons. The minimum Gasteiger partial charge on any atom is -0.355 e. The summed E-state index contributed by atoms with van der Waals surface area (Å²) >= 11 is 0. The van der Waals surface area contributed by atoms with Crippen LogP contribution in [0.2, 0.25) is 0 Å². The molecule has 0 heterocycles. The Morgan fingerprint density at radius 1 is 0.404 bits per heavy atom. The molecule has 52 heavy (non-hydrogen) atoms. The van der Waals surface area contributed by atoms with E-state index in [0.717, 1.165) is 103 Å². The fourth-order valence-corrected chi connectivity index (χ4v) is 4.66. The van der Waals surface area contributed by atoms with E-state index in [9.17, 15) is 9.59 Å². The van der Waals surface area contributed by atoms with Crippen molar-refractivity contribution in [2.75, 3.05) is 33.2 Å². The molecule has 0 fully saturated rings. The first-order valence-electron chi connectivity index (χ1n) is 20.0. The Morgan fingerprint density at radius 2 is 0.692 bits per heavy atom. The van der Waals surface area contributed by atoms with Crippen LogP contribution in [0.5, 0.6) is 0 Å². The Balaban J connectivity index is 3.68. The smallest absolute Gasteiger partial charge is 0.220 e. The first-order chi connectivity index (χ1) is 25.6. The summed E-state index contributed by atoms with van der Waals surface area (Å²) in [6.07, 6.45) is 62.7. The molecule has 2 amide bonds. The number of nitrogens with one attached hydrogen (secondary N) is 2. The van der Waals surface area contributed by atoms with Gasteiger partial charge in [-0.25, -0.2) is 0 Å². The molecule has 0 aliphatic carbocycles. The molecule has 0 aromatic carbocycles. The zero-order valence-corrected chi connectivity index (χ0v) is 33.1. The Hall–Kier alpha value is -3.96. The monoisotopic (exact) mass is 712 g/mol. The molecular weight excluding hydrogens is 639 g/mol. The molecule has 5 heteroatoms. The maximum Gasteiger partial charge on any atom is 0.220 e. The average Bonchev–Trinajstić information content (AvgIpc) is 3.13. The fraction of sp³-hybridized carbons (Fsp3) is 0.489. The van der Waals surface area contributed by atoms with Crippen molar-refractivity contribution in [2.45, 2.75) is 117 Å². The van der Waals surface area contributed by atoms with Gasteiger partial charge in [0.1, 0.15) is 0 Å². The van der Waals surface area contributed by atoms with Crippen LogP contribution in [0.3, 0.4) is 0 Å². The van der Waals surface area contributed by atoms with Crippen molar-refractivity contribution in [3.8, 4) is 0 Å². The van der Waals surface area contributed by atoms with Crippen LogP contribution in [0.15, 0.2) is 134 Å². The van der Waals surface area contributed by atoms with Gasteiger partial charge in [0.15, 0.2) is 0 Å². The van der Waals surface area contributed by atoms with Crippen molar-refractivity contribution in [2.24, 2.45) is 0 Å². The molecule has 0 saturated carbocycles. The molecule has 0 rings (SSSR count). The van der Waals surface area contributed by atoms with Gasteiger partial charge in [0.2, 0.25) is 11.8 Å². The molecule has 0 aliphatic rings.